The van der Waals surface area contributed by atoms with Crippen molar-refractivity contribution >= 4 is 11.9 Å². The van der Waals surface area contributed by atoms with Crippen molar-refractivity contribution in [2.45, 2.75) is 13.3 Å². The standard InChI is InChI=1S/C8H16N6O/c1-4-5-15-8-11-6(9)10-7(12-8)13-14(2)3/h4-5H2,1-3H3,(H3,9,10,11,12,13). The van der Waals surface area contributed by atoms with Crippen LogP contribution in [-0.4, -0.2) is 40.7 Å². The molecule has 15 heavy (non-hydrogen) atoms. The number of aromatic nitrogens is 3. The number of ether oxygens (including phenoxy) is 1. The molecule has 0 radical (unpaired) electrons. The van der Waals surface area contributed by atoms with Gasteiger partial charge in [0.05, 0.1) is 6.61 Å². The van der Waals surface area contributed by atoms with Crippen molar-refractivity contribution in [3.63, 3.8) is 0 Å². The van der Waals surface area contributed by atoms with Crippen molar-refractivity contribution in [2.24, 2.45) is 0 Å². The second-order valence-electron chi connectivity index (χ2n) is 3.15. The number of nitrogens with zero attached hydrogens (tertiary/aromatic N) is 4. The largest absolute Gasteiger partial charge is 0.463 e. The Morgan fingerprint density at radius 2 is 2.07 bits per heavy atom. The predicted molar refractivity (Wildman–Crippen MR) is 57.3 cm³/mol. The monoisotopic (exact) mass is 212 g/mol. The molecule has 1 aromatic rings. The molecule has 0 saturated heterocycles. The number of nitrogen functional groups attached to an aromatic ring is 1. The number of anilines is 2. The summed E-state index contributed by atoms with van der Waals surface area (Å²) in [6, 6.07) is 0.244. The number of hydrazine groups is 1. The molecule has 1 aromatic heterocycles. The van der Waals surface area contributed by atoms with Crippen molar-refractivity contribution in [3.05, 3.63) is 0 Å². The molecule has 0 saturated carbocycles. The lowest BCUT2D eigenvalue weighted by Crippen LogP contribution is -2.22. The third-order valence-electron chi connectivity index (χ3n) is 1.39. The van der Waals surface area contributed by atoms with Crippen LogP contribution < -0.4 is 15.9 Å². The average molecular weight is 212 g/mol. The molecule has 0 aliphatic rings. The molecule has 0 aliphatic heterocycles. The van der Waals surface area contributed by atoms with E-state index in [-0.39, 0.29) is 12.0 Å². The van der Waals surface area contributed by atoms with Crippen LogP contribution in [-0.2, 0) is 0 Å². The van der Waals surface area contributed by atoms with Crippen LogP contribution in [0.2, 0.25) is 0 Å². The molecule has 0 amide bonds. The number of rotatable bonds is 5. The third-order valence-corrected chi connectivity index (χ3v) is 1.39. The average Bonchev–Trinajstić information content (AvgIpc) is 2.12. The van der Waals surface area contributed by atoms with Gasteiger partial charge in [-0.2, -0.15) is 15.0 Å². The molecule has 0 aromatic carbocycles. The summed E-state index contributed by atoms with van der Waals surface area (Å²) in [4.78, 5) is 11.8. The molecule has 1 heterocycles. The van der Waals surface area contributed by atoms with Gasteiger partial charge in [0, 0.05) is 14.1 Å². The first-order valence-electron chi connectivity index (χ1n) is 4.70. The first-order chi connectivity index (χ1) is 7.11. The van der Waals surface area contributed by atoms with E-state index in [1.54, 1.807) is 5.01 Å². The van der Waals surface area contributed by atoms with Crippen molar-refractivity contribution in [1.82, 2.24) is 20.0 Å². The van der Waals surface area contributed by atoms with Gasteiger partial charge < -0.3 is 10.5 Å². The molecular formula is C8H16N6O. The lowest BCUT2D eigenvalue weighted by Gasteiger charge is -2.12. The van der Waals surface area contributed by atoms with Gasteiger partial charge in [-0.1, -0.05) is 6.92 Å². The Labute approximate surface area is 88.6 Å². The Hall–Kier alpha value is -1.63. The minimum absolute atomic E-state index is 0.139. The van der Waals surface area contributed by atoms with Gasteiger partial charge in [0.2, 0.25) is 11.9 Å². The van der Waals surface area contributed by atoms with Crippen molar-refractivity contribution in [3.8, 4) is 6.01 Å². The summed E-state index contributed by atoms with van der Waals surface area (Å²) >= 11 is 0. The Balaban J connectivity index is 2.75. The lowest BCUT2D eigenvalue weighted by atomic mass is 10.5. The fraction of sp³-hybridized carbons (Fsp3) is 0.625. The summed E-state index contributed by atoms with van der Waals surface area (Å²) in [6.45, 7) is 2.56. The Morgan fingerprint density at radius 3 is 2.67 bits per heavy atom. The van der Waals surface area contributed by atoms with Crippen LogP contribution in [0.4, 0.5) is 11.9 Å². The number of hydrogen-bond acceptors (Lipinski definition) is 7. The lowest BCUT2D eigenvalue weighted by molar-refractivity contribution is 0.291. The maximum absolute atomic E-state index is 5.51. The van der Waals surface area contributed by atoms with Gasteiger partial charge in [-0.3, -0.25) is 5.43 Å². The van der Waals surface area contributed by atoms with Gasteiger partial charge in [-0.05, 0) is 6.42 Å². The molecule has 0 spiro atoms. The molecule has 0 bridgehead atoms. The van der Waals surface area contributed by atoms with Gasteiger partial charge in [-0.25, -0.2) is 5.01 Å². The zero-order valence-corrected chi connectivity index (χ0v) is 9.19. The van der Waals surface area contributed by atoms with E-state index in [4.69, 9.17) is 10.5 Å². The molecule has 0 fully saturated rings. The van der Waals surface area contributed by atoms with Gasteiger partial charge in [0.1, 0.15) is 0 Å². The third kappa shape index (κ3) is 3.94. The van der Waals surface area contributed by atoms with Crippen molar-refractivity contribution in [2.75, 3.05) is 31.9 Å². The quantitative estimate of drug-likeness (QED) is 0.670. The fourth-order valence-corrected chi connectivity index (χ4v) is 0.880. The van der Waals surface area contributed by atoms with Crippen molar-refractivity contribution < 1.29 is 4.74 Å². The maximum Gasteiger partial charge on any atom is 0.323 e. The van der Waals surface area contributed by atoms with E-state index < -0.39 is 0 Å². The second kappa shape index (κ2) is 5.30. The molecule has 0 atom stereocenters. The molecule has 1 rings (SSSR count). The summed E-state index contributed by atoms with van der Waals surface area (Å²) in [7, 11) is 3.65. The molecule has 0 unspecified atom stereocenters. The van der Waals surface area contributed by atoms with Crippen LogP contribution in [0.5, 0.6) is 6.01 Å². The normalized spacial score (nSPS) is 10.4. The van der Waals surface area contributed by atoms with E-state index in [1.165, 1.54) is 0 Å². The van der Waals surface area contributed by atoms with Gasteiger partial charge >= 0.3 is 6.01 Å². The van der Waals surface area contributed by atoms with Gasteiger partial charge in [0.25, 0.3) is 0 Å². The smallest absolute Gasteiger partial charge is 0.323 e. The van der Waals surface area contributed by atoms with E-state index in [0.717, 1.165) is 6.42 Å². The van der Waals surface area contributed by atoms with Crippen molar-refractivity contribution in [1.29, 1.82) is 0 Å². The van der Waals surface area contributed by atoms with Crippen LogP contribution in [0.25, 0.3) is 0 Å². The molecule has 7 heteroatoms. The van der Waals surface area contributed by atoms with E-state index in [0.29, 0.717) is 12.6 Å². The van der Waals surface area contributed by atoms with Gasteiger partial charge in [0.15, 0.2) is 0 Å². The Bertz CT molecular complexity index is 316. The van der Waals surface area contributed by atoms with E-state index in [1.807, 2.05) is 21.0 Å². The highest BCUT2D eigenvalue weighted by Gasteiger charge is 2.05. The summed E-state index contributed by atoms with van der Waals surface area (Å²) in [6.07, 6.45) is 0.891. The minimum atomic E-state index is 0.139. The summed E-state index contributed by atoms with van der Waals surface area (Å²) in [5.41, 5.74) is 8.38. The Kier molecular flexibility index (Phi) is 4.04. The summed E-state index contributed by atoms with van der Waals surface area (Å²) in [5.74, 6) is 0.513. The van der Waals surface area contributed by atoms with E-state index in [9.17, 15) is 0 Å². The van der Waals surface area contributed by atoms with Crippen LogP contribution >= 0.6 is 0 Å². The van der Waals surface area contributed by atoms with Crippen LogP contribution in [0.3, 0.4) is 0 Å². The summed E-state index contributed by atoms with van der Waals surface area (Å²) < 4.78 is 5.26. The number of nitrogens with two attached hydrogens (primary N) is 1. The zero-order chi connectivity index (χ0) is 11.3. The zero-order valence-electron chi connectivity index (χ0n) is 9.19. The fourth-order valence-electron chi connectivity index (χ4n) is 0.880. The first kappa shape index (κ1) is 11.4. The molecule has 3 N–H and O–H groups in total. The molecule has 7 nitrogen and oxygen atoms in total. The highest BCUT2D eigenvalue weighted by atomic mass is 16.5. The topological polar surface area (TPSA) is 89.2 Å². The minimum Gasteiger partial charge on any atom is -0.463 e. The first-order valence-corrected chi connectivity index (χ1v) is 4.70. The Morgan fingerprint density at radius 1 is 1.33 bits per heavy atom. The maximum atomic E-state index is 5.51. The highest BCUT2D eigenvalue weighted by molar-refractivity contribution is 5.31. The predicted octanol–water partition coefficient (Wildman–Crippen LogP) is 0.131. The van der Waals surface area contributed by atoms with E-state index in [2.05, 4.69) is 20.4 Å². The highest BCUT2D eigenvalue weighted by Crippen LogP contribution is 2.08. The van der Waals surface area contributed by atoms with Crippen LogP contribution in [0, 0.1) is 0 Å². The van der Waals surface area contributed by atoms with Crippen LogP contribution in [0.1, 0.15) is 13.3 Å². The molecule has 84 valence electrons. The number of hydrogen-bond donors (Lipinski definition) is 2. The molecular weight excluding hydrogens is 196 g/mol. The van der Waals surface area contributed by atoms with E-state index >= 15 is 0 Å². The van der Waals surface area contributed by atoms with Crippen LogP contribution in [0.15, 0.2) is 0 Å². The summed E-state index contributed by atoms with van der Waals surface area (Å²) in [5, 5.41) is 1.71. The SMILES string of the molecule is CCCOc1nc(N)nc(NN(C)C)n1. The number of nitrogens with one attached hydrogen (secondary N) is 1. The molecule has 0 aliphatic carbocycles. The second-order valence-corrected chi connectivity index (χ2v) is 3.15. The van der Waals surface area contributed by atoms with Gasteiger partial charge in [-0.15, -0.1) is 0 Å².